The molecule has 0 aliphatic carbocycles. The lowest BCUT2D eigenvalue weighted by Crippen LogP contribution is -2.46. The number of amides is 2. The Balaban J connectivity index is 0.00000220. The lowest BCUT2D eigenvalue weighted by Gasteiger charge is -2.25. The number of nitrogens with zero attached hydrogens (tertiary/aromatic N) is 1. The van der Waals surface area contributed by atoms with Crippen LogP contribution in [0, 0.1) is 0 Å². The first kappa shape index (κ1) is 17.5. The summed E-state index contributed by atoms with van der Waals surface area (Å²) in [6, 6.07) is 9.67. The number of halogens is 1. The summed E-state index contributed by atoms with van der Waals surface area (Å²) in [5.74, 6) is -0.0589. The predicted octanol–water partition coefficient (Wildman–Crippen LogP) is 0.717. The third-order valence-electron chi connectivity index (χ3n) is 3.52. The maximum Gasteiger partial charge on any atom is 0.245 e. The Hall–Kier alpha value is -1.59. The highest BCUT2D eigenvalue weighted by molar-refractivity contribution is 5.90. The molecule has 1 atom stereocenters. The van der Waals surface area contributed by atoms with Gasteiger partial charge in [0.1, 0.15) is 6.04 Å². The van der Waals surface area contributed by atoms with E-state index in [0.29, 0.717) is 32.5 Å². The van der Waals surface area contributed by atoms with Crippen LogP contribution in [0.3, 0.4) is 0 Å². The van der Waals surface area contributed by atoms with Crippen LogP contribution in [0.1, 0.15) is 18.4 Å². The van der Waals surface area contributed by atoms with Gasteiger partial charge >= 0.3 is 0 Å². The molecule has 1 heterocycles. The molecule has 1 fully saturated rings. The Morgan fingerprint density at radius 2 is 2.00 bits per heavy atom. The van der Waals surface area contributed by atoms with Crippen LogP contribution in [-0.4, -0.2) is 42.4 Å². The maximum atomic E-state index is 12.4. The molecule has 1 aliphatic rings. The van der Waals surface area contributed by atoms with Gasteiger partial charge in [-0.2, -0.15) is 0 Å². The van der Waals surface area contributed by atoms with Gasteiger partial charge in [0.25, 0.3) is 0 Å². The molecule has 0 saturated carbocycles. The van der Waals surface area contributed by atoms with E-state index in [-0.39, 0.29) is 30.3 Å². The summed E-state index contributed by atoms with van der Waals surface area (Å²) >= 11 is 0. The number of nitrogens with one attached hydrogen (secondary N) is 1. The lowest BCUT2D eigenvalue weighted by molar-refractivity contribution is -0.134. The quantitative estimate of drug-likeness (QED) is 0.813. The topological polar surface area (TPSA) is 75.4 Å². The van der Waals surface area contributed by atoms with Crippen molar-refractivity contribution in [3.05, 3.63) is 35.9 Å². The lowest BCUT2D eigenvalue weighted by atomic mass is 10.1. The third-order valence-corrected chi connectivity index (χ3v) is 3.52. The zero-order valence-electron chi connectivity index (χ0n) is 12.0. The van der Waals surface area contributed by atoms with E-state index in [1.807, 2.05) is 30.3 Å². The molecule has 0 radical (unpaired) electrons. The normalized spacial score (nSPS) is 17.0. The molecule has 2 amide bonds. The van der Waals surface area contributed by atoms with Crippen molar-refractivity contribution in [3.63, 3.8) is 0 Å². The standard InChI is InChI=1S/C15H21N3O2.ClH/c16-9-11-18(10-8-12-4-2-1-3-5-12)15(20)13-6-7-14(19)17-13;/h1-5,13H,6-11,16H2,(H,17,19);1H. The molecule has 5 nitrogen and oxygen atoms in total. The van der Waals surface area contributed by atoms with Crippen molar-refractivity contribution in [2.75, 3.05) is 19.6 Å². The molecule has 0 spiro atoms. The molecule has 1 aliphatic heterocycles. The van der Waals surface area contributed by atoms with Crippen molar-refractivity contribution < 1.29 is 9.59 Å². The summed E-state index contributed by atoms with van der Waals surface area (Å²) in [6.45, 7) is 1.59. The largest absolute Gasteiger partial charge is 0.344 e. The van der Waals surface area contributed by atoms with Gasteiger partial charge in [-0.3, -0.25) is 9.59 Å². The van der Waals surface area contributed by atoms with Crippen molar-refractivity contribution in [1.29, 1.82) is 0 Å². The molecule has 2 rings (SSSR count). The second kappa shape index (κ2) is 8.64. The van der Waals surface area contributed by atoms with Crippen LogP contribution in [0.15, 0.2) is 30.3 Å². The molecule has 1 unspecified atom stereocenters. The second-order valence-electron chi connectivity index (χ2n) is 5.01. The second-order valence-corrected chi connectivity index (χ2v) is 5.01. The van der Waals surface area contributed by atoms with Crippen LogP contribution in [-0.2, 0) is 16.0 Å². The Morgan fingerprint density at radius 3 is 2.57 bits per heavy atom. The number of nitrogens with two attached hydrogens (primary N) is 1. The van der Waals surface area contributed by atoms with E-state index in [4.69, 9.17) is 5.73 Å². The van der Waals surface area contributed by atoms with Crippen molar-refractivity contribution in [1.82, 2.24) is 10.2 Å². The van der Waals surface area contributed by atoms with Gasteiger partial charge in [-0.15, -0.1) is 12.4 Å². The van der Waals surface area contributed by atoms with E-state index in [2.05, 4.69) is 5.32 Å². The van der Waals surface area contributed by atoms with Crippen molar-refractivity contribution in [2.24, 2.45) is 5.73 Å². The van der Waals surface area contributed by atoms with E-state index in [1.165, 1.54) is 5.56 Å². The molecule has 21 heavy (non-hydrogen) atoms. The van der Waals surface area contributed by atoms with Crippen LogP contribution >= 0.6 is 12.4 Å². The summed E-state index contributed by atoms with van der Waals surface area (Å²) in [7, 11) is 0. The molecule has 0 aromatic heterocycles. The van der Waals surface area contributed by atoms with Gasteiger partial charge in [0, 0.05) is 26.1 Å². The highest BCUT2D eigenvalue weighted by atomic mass is 35.5. The average molecular weight is 312 g/mol. The fraction of sp³-hybridized carbons (Fsp3) is 0.467. The predicted molar refractivity (Wildman–Crippen MR) is 84.2 cm³/mol. The molecular weight excluding hydrogens is 290 g/mol. The fourth-order valence-electron chi connectivity index (χ4n) is 2.42. The summed E-state index contributed by atoms with van der Waals surface area (Å²) in [5.41, 5.74) is 6.77. The van der Waals surface area contributed by atoms with Gasteiger partial charge in [-0.05, 0) is 18.4 Å². The molecule has 6 heteroatoms. The van der Waals surface area contributed by atoms with Crippen LogP contribution in [0.5, 0.6) is 0 Å². The Labute approximate surface area is 131 Å². The Morgan fingerprint density at radius 1 is 1.29 bits per heavy atom. The molecular formula is C15H22ClN3O2. The minimum Gasteiger partial charge on any atom is -0.344 e. The molecule has 1 saturated heterocycles. The van der Waals surface area contributed by atoms with Crippen molar-refractivity contribution in [2.45, 2.75) is 25.3 Å². The first-order valence-electron chi connectivity index (χ1n) is 7.03. The SMILES string of the molecule is Cl.NCCN(CCc1ccccc1)C(=O)C1CCC(=O)N1. The first-order valence-corrected chi connectivity index (χ1v) is 7.03. The summed E-state index contributed by atoms with van der Waals surface area (Å²) in [5, 5.41) is 2.72. The van der Waals surface area contributed by atoms with Crippen molar-refractivity contribution >= 4 is 24.2 Å². The summed E-state index contributed by atoms with van der Waals surface area (Å²) < 4.78 is 0. The Bertz CT molecular complexity index is 467. The van der Waals surface area contributed by atoms with Gasteiger partial charge in [0.05, 0.1) is 0 Å². The zero-order chi connectivity index (χ0) is 14.4. The number of carbonyl (C=O) groups excluding carboxylic acids is 2. The zero-order valence-corrected chi connectivity index (χ0v) is 12.8. The third kappa shape index (κ3) is 5.02. The van der Waals surface area contributed by atoms with Gasteiger partial charge in [0.2, 0.25) is 11.8 Å². The average Bonchev–Trinajstić information content (AvgIpc) is 2.90. The maximum absolute atomic E-state index is 12.4. The van der Waals surface area contributed by atoms with Gasteiger partial charge < -0.3 is 16.0 Å². The number of hydrogen-bond acceptors (Lipinski definition) is 3. The molecule has 1 aromatic carbocycles. The van der Waals surface area contributed by atoms with Gasteiger partial charge in [0.15, 0.2) is 0 Å². The van der Waals surface area contributed by atoms with Gasteiger partial charge in [-0.1, -0.05) is 30.3 Å². The fourth-order valence-corrected chi connectivity index (χ4v) is 2.42. The number of hydrogen-bond donors (Lipinski definition) is 2. The summed E-state index contributed by atoms with van der Waals surface area (Å²) in [4.78, 5) is 25.3. The molecule has 0 bridgehead atoms. The van der Waals surface area contributed by atoms with Gasteiger partial charge in [-0.25, -0.2) is 0 Å². The van der Waals surface area contributed by atoms with Crippen molar-refractivity contribution in [3.8, 4) is 0 Å². The minimum absolute atomic E-state index is 0. The molecule has 3 N–H and O–H groups in total. The highest BCUT2D eigenvalue weighted by Gasteiger charge is 2.30. The van der Waals surface area contributed by atoms with Crippen LogP contribution in [0.25, 0.3) is 0 Å². The van der Waals surface area contributed by atoms with Crippen LogP contribution in [0.2, 0.25) is 0 Å². The summed E-state index contributed by atoms with van der Waals surface area (Å²) in [6.07, 6.45) is 1.82. The molecule has 116 valence electrons. The van der Waals surface area contributed by atoms with Crippen LogP contribution in [0.4, 0.5) is 0 Å². The highest BCUT2D eigenvalue weighted by Crippen LogP contribution is 2.10. The smallest absolute Gasteiger partial charge is 0.245 e. The van der Waals surface area contributed by atoms with Crippen LogP contribution < -0.4 is 11.1 Å². The minimum atomic E-state index is -0.371. The Kier molecular flexibility index (Phi) is 7.19. The van der Waals surface area contributed by atoms with E-state index in [1.54, 1.807) is 4.90 Å². The first-order chi connectivity index (χ1) is 9.70. The van der Waals surface area contributed by atoms with E-state index in [0.717, 1.165) is 6.42 Å². The molecule has 1 aromatic rings. The number of rotatable bonds is 6. The van der Waals surface area contributed by atoms with E-state index >= 15 is 0 Å². The monoisotopic (exact) mass is 311 g/mol. The number of carbonyl (C=O) groups is 2. The van der Waals surface area contributed by atoms with E-state index < -0.39 is 0 Å². The van der Waals surface area contributed by atoms with E-state index in [9.17, 15) is 9.59 Å². The number of benzene rings is 1.